The molecule has 0 aliphatic carbocycles. The standard InChI is InChI=1S/C13H22O2Si/c1-3-13(2,14)11-5-7-12(8-6-11)15-9-4-10-16/h5-8,14H,3-4,9-10H2,1-2,16H3. The first-order chi connectivity index (χ1) is 7.60. The van der Waals surface area contributed by atoms with Gasteiger partial charge in [0.25, 0.3) is 0 Å². The Morgan fingerprint density at radius 3 is 2.44 bits per heavy atom. The van der Waals surface area contributed by atoms with Gasteiger partial charge in [0.05, 0.1) is 12.2 Å². The van der Waals surface area contributed by atoms with Gasteiger partial charge in [0, 0.05) is 10.2 Å². The van der Waals surface area contributed by atoms with Crippen molar-refractivity contribution >= 4 is 10.2 Å². The van der Waals surface area contributed by atoms with Gasteiger partial charge in [-0.2, -0.15) is 0 Å². The van der Waals surface area contributed by atoms with Gasteiger partial charge in [0.2, 0.25) is 0 Å². The summed E-state index contributed by atoms with van der Waals surface area (Å²) in [6.45, 7) is 4.62. The molecule has 1 aromatic carbocycles. The quantitative estimate of drug-likeness (QED) is 0.605. The summed E-state index contributed by atoms with van der Waals surface area (Å²) < 4.78 is 5.59. The highest BCUT2D eigenvalue weighted by Crippen LogP contribution is 2.25. The average molecular weight is 238 g/mol. The van der Waals surface area contributed by atoms with Gasteiger partial charge in [-0.3, -0.25) is 0 Å². The fourth-order valence-electron chi connectivity index (χ4n) is 1.45. The first-order valence-electron chi connectivity index (χ1n) is 6.06. The first kappa shape index (κ1) is 13.3. The Kier molecular flexibility index (Phi) is 5.02. The minimum Gasteiger partial charge on any atom is -0.494 e. The second-order valence-corrected chi connectivity index (χ2v) is 5.35. The second kappa shape index (κ2) is 6.06. The fourth-order valence-corrected chi connectivity index (χ4v) is 1.74. The van der Waals surface area contributed by atoms with Gasteiger partial charge in [0.15, 0.2) is 0 Å². The summed E-state index contributed by atoms with van der Waals surface area (Å²) in [6.07, 6.45) is 1.86. The Hall–Kier alpha value is -0.803. The van der Waals surface area contributed by atoms with Gasteiger partial charge >= 0.3 is 0 Å². The van der Waals surface area contributed by atoms with E-state index in [-0.39, 0.29) is 0 Å². The molecule has 1 atom stereocenters. The Balaban J connectivity index is 2.61. The third-order valence-corrected chi connectivity index (χ3v) is 3.64. The van der Waals surface area contributed by atoms with Crippen molar-refractivity contribution in [3.05, 3.63) is 29.8 Å². The minimum atomic E-state index is -0.729. The Bertz CT molecular complexity index is 306. The predicted molar refractivity (Wildman–Crippen MR) is 71.2 cm³/mol. The molecule has 2 nitrogen and oxygen atoms in total. The molecule has 1 unspecified atom stereocenters. The van der Waals surface area contributed by atoms with E-state index in [1.54, 1.807) is 0 Å². The number of aliphatic hydroxyl groups is 1. The molecule has 0 bridgehead atoms. The number of hydrogen-bond acceptors (Lipinski definition) is 2. The van der Waals surface area contributed by atoms with Crippen molar-refractivity contribution in [3.63, 3.8) is 0 Å². The van der Waals surface area contributed by atoms with Crippen molar-refractivity contribution in [2.75, 3.05) is 6.61 Å². The van der Waals surface area contributed by atoms with E-state index >= 15 is 0 Å². The minimum absolute atomic E-state index is 0.716. The lowest BCUT2D eigenvalue weighted by molar-refractivity contribution is 0.0530. The first-order valence-corrected chi connectivity index (χ1v) is 7.47. The van der Waals surface area contributed by atoms with E-state index in [1.807, 2.05) is 38.1 Å². The van der Waals surface area contributed by atoms with E-state index < -0.39 is 5.60 Å². The van der Waals surface area contributed by atoms with Crippen molar-refractivity contribution in [2.24, 2.45) is 0 Å². The van der Waals surface area contributed by atoms with Crippen LogP contribution in [-0.2, 0) is 5.60 Å². The molecule has 16 heavy (non-hydrogen) atoms. The maximum atomic E-state index is 10.1. The summed E-state index contributed by atoms with van der Waals surface area (Å²) in [4.78, 5) is 0. The molecule has 1 rings (SSSR count). The van der Waals surface area contributed by atoms with E-state index in [2.05, 4.69) is 0 Å². The molecule has 0 fully saturated rings. The highest BCUT2D eigenvalue weighted by Gasteiger charge is 2.19. The maximum Gasteiger partial charge on any atom is 0.119 e. The van der Waals surface area contributed by atoms with Gasteiger partial charge in [0.1, 0.15) is 5.75 Å². The summed E-state index contributed by atoms with van der Waals surface area (Å²) in [5, 5.41) is 10.1. The molecule has 0 saturated carbocycles. The molecule has 0 aliphatic rings. The molecular weight excluding hydrogens is 216 g/mol. The van der Waals surface area contributed by atoms with E-state index in [1.165, 1.54) is 16.3 Å². The molecule has 1 N–H and O–H groups in total. The number of ether oxygens (including phenoxy) is 1. The van der Waals surface area contributed by atoms with Crippen molar-refractivity contribution in [3.8, 4) is 5.75 Å². The molecule has 0 heterocycles. The highest BCUT2D eigenvalue weighted by atomic mass is 28.1. The van der Waals surface area contributed by atoms with Crippen molar-refractivity contribution in [1.82, 2.24) is 0 Å². The second-order valence-electron chi connectivity index (χ2n) is 4.35. The SMILES string of the molecule is CCC(C)(O)c1ccc(OCCC[SiH3])cc1. The zero-order valence-electron chi connectivity index (χ0n) is 10.5. The molecule has 0 saturated heterocycles. The lowest BCUT2D eigenvalue weighted by Crippen LogP contribution is -2.19. The fraction of sp³-hybridized carbons (Fsp3) is 0.538. The van der Waals surface area contributed by atoms with Crippen LogP contribution < -0.4 is 4.74 Å². The van der Waals surface area contributed by atoms with E-state index in [0.717, 1.165) is 24.3 Å². The topological polar surface area (TPSA) is 29.5 Å². The van der Waals surface area contributed by atoms with Crippen LogP contribution in [0.2, 0.25) is 6.04 Å². The summed E-state index contributed by atoms with van der Waals surface area (Å²) in [7, 11) is 1.25. The van der Waals surface area contributed by atoms with Crippen molar-refractivity contribution in [2.45, 2.75) is 38.3 Å². The molecule has 0 radical (unpaired) electrons. The summed E-state index contributed by atoms with van der Waals surface area (Å²) in [6, 6.07) is 9.04. The zero-order valence-corrected chi connectivity index (χ0v) is 12.5. The average Bonchev–Trinajstić information content (AvgIpc) is 2.30. The van der Waals surface area contributed by atoms with Crippen LogP contribution in [0, 0.1) is 0 Å². The molecule has 0 spiro atoms. The number of benzene rings is 1. The van der Waals surface area contributed by atoms with Crippen LogP contribution in [0.3, 0.4) is 0 Å². The molecule has 3 heteroatoms. The smallest absolute Gasteiger partial charge is 0.119 e. The molecule has 0 aromatic heterocycles. The van der Waals surface area contributed by atoms with Crippen molar-refractivity contribution < 1.29 is 9.84 Å². The number of rotatable bonds is 6. The summed E-state index contributed by atoms with van der Waals surface area (Å²) >= 11 is 0. The molecule has 90 valence electrons. The largest absolute Gasteiger partial charge is 0.494 e. The molecule has 1 aromatic rings. The van der Waals surface area contributed by atoms with Crippen LogP contribution in [0.25, 0.3) is 0 Å². The van der Waals surface area contributed by atoms with E-state index in [9.17, 15) is 5.11 Å². The summed E-state index contributed by atoms with van der Waals surface area (Å²) in [5.74, 6) is 0.894. The third kappa shape index (κ3) is 3.65. The van der Waals surface area contributed by atoms with Crippen molar-refractivity contribution in [1.29, 1.82) is 0 Å². The molecule has 0 aliphatic heterocycles. The lowest BCUT2D eigenvalue weighted by Gasteiger charge is -2.21. The maximum absolute atomic E-state index is 10.1. The highest BCUT2D eigenvalue weighted by molar-refractivity contribution is 6.08. The van der Waals surface area contributed by atoms with Crippen LogP contribution in [-0.4, -0.2) is 22.0 Å². The normalized spacial score (nSPS) is 14.7. The van der Waals surface area contributed by atoms with Gasteiger partial charge in [-0.25, -0.2) is 0 Å². The van der Waals surface area contributed by atoms with Crippen LogP contribution >= 0.6 is 0 Å². The van der Waals surface area contributed by atoms with E-state index in [0.29, 0.717) is 6.42 Å². The Morgan fingerprint density at radius 2 is 1.94 bits per heavy atom. The Labute approximate surface area is 101 Å². The van der Waals surface area contributed by atoms with Crippen LogP contribution in [0.1, 0.15) is 32.3 Å². The molecular formula is C13H22O2Si. The summed E-state index contributed by atoms with van der Waals surface area (Å²) in [5.41, 5.74) is 0.221. The van der Waals surface area contributed by atoms with E-state index in [4.69, 9.17) is 4.74 Å². The zero-order chi connectivity index (χ0) is 12.0. The van der Waals surface area contributed by atoms with Gasteiger partial charge < -0.3 is 9.84 Å². The number of hydrogen-bond donors (Lipinski definition) is 1. The predicted octanol–water partition coefficient (Wildman–Crippen LogP) is 1.86. The van der Waals surface area contributed by atoms with Crippen LogP contribution in [0.15, 0.2) is 24.3 Å². The lowest BCUT2D eigenvalue weighted by atomic mass is 9.93. The monoisotopic (exact) mass is 238 g/mol. The van der Waals surface area contributed by atoms with Crippen LogP contribution in [0.5, 0.6) is 5.75 Å². The van der Waals surface area contributed by atoms with Gasteiger partial charge in [-0.1, -0.05) is 25.1 Å². The Morgan fingerprint density at radius 1 is 1.31 bits per heavy atom. The van der Waals surface area contributed by atoms with Gasteiger partial charge in [-0.05, 0) is 37.5 Å². The van der Waals surface area contributed by atoms with Crippen LogP contribution in [0.4, 0.5) is 0 Å². The van der Waals surface area contributed by atoms with Gasteiger partial charge in [-0.15, -0.1) is 0 Å². The third-order valence-electron chi connectivity index (χ3n) is 2.93. The molecule has 0 amide bonds.